The van der Waals surface area contributed by atoms with Crippen molar-refractivity contribution < 1.29 is 14.6 Å². The van der Waals surface area contributed by atoms with Crippen LogP contribution in [0.15, 0.2) is 48.5 Å². The molecule has 0 unspecified atom stereocenters. The molecule has 0 saturated carbocycles. The number of anilines is 1. The summed E-state index contributed by atoms with van der Waals surface area (Å²) in [6.45, 7) is 11.0. The molecule has 1 N–H and O–H groups in total. The smallest absolute Gasteiger partial charge is 0.414 e. The first-order valence-corrected chi connectivity index (χ1v) is 11.3. The van der Waals surface area contributed by atoms with E-state index in [4.69, 9.17) is 4.74 Å². The maximum Gasteiger partial charge on any atom is 0.414 e. The molecule has 2 aliphatic heterocycles. The minimum atomic E-state index is -0.576. The summed E-state index contributed by atoms with van der Waals surface area (Å²) in [5.41, 5.74) is 3.59. The van der Waals surface area contributed by atoms with Crippen LogP contribution in [0.1, 0.15) is 63.3 Å². The maximum atomic E-state index is 13.1. The molecule has 2 aromatic rings. The van der Waals surface area contributed by atoms with Gasteiger partial charge >= 0.3 is 6.09 Å². The molecule has 2 aliphatic rings. The highest BCUT2D eigenvalue weighted by Gasteiger charge is 2.48. The molecule has 4 rings (SSSR count). The Kier molecular flexibility index (Phi) is 5.84. The van der Waals surface area contributed by atoms with Crippen molar-refractivity contribution in [2.24, 2.45) is 0 Å². The van der Waals surface area contributed by atoms with Crippen LogP contribution in [-0.2, 0) is 16.7 Å². The van der Waals surface area contributed by atoms with Crippen molar-refractivity contribution in [3.05, 3.63) is 65.2 Å². The number of hydrogen-bond donors (Lipinski definition) is 1. The van der Waals surface area contributed by atoms with E-state index in [1.807, 2.05) is 52.0 Å². The monoisotopic (exact) mass is 422 g/mol. The molecule has 0 aliphatic carbocycles. The van der Waals surface area contributed by atoms with Crippen LogP contribution in [0.3, 0.4) is 0 Å². The van der Waals surface area contributed by atoms with Gasteiger partial charge in [-0.25, -0.2) is 4.79 Å². The zero-order chi connectivity index (χ0) is 22.2. The molecule has 1 saturated heterocycles. The van der Waals surface area contributed by atoms with E-state index in [1.165, 1.54) is 5.56 Å². The number of benzene rings is 2. The third kappa shape index (κ3) is 4.48. The van der Waals surface area contributed by atoms with Crippen LogP contribution < -0.4 is 4.90 Å². The molecule has 1 spiro atoms. The molecular weight excluding hydrogens is 388 g/mol. The molecule has 2 aromatic carbocycles. The zero-order valence-electron chi connectivity index (χ0n) is 19.1. The second kappa shape index (κ2) is 8.29. The van der Waals surface area contributed by atoms with E-state index in [-0.39, 0.29) is 11.5 Å². The summed E-state index contributed by atoms with van der Waals surface area (Å²) in [6.07, 6.45) is 1.03. The fraction of sp³-hybridized carbons (Fsp3) is 0.500. The van der Waals surface area contributed by atoms with Gasteiger partial charge in [-0.15, -0.1) is 0 Å². The predicted octanol–water partition coefficient (Wildman–Crippen LogP) is 5.03. The number of aliphatic hydroxyl groups excluding tert-OH is 1. The lowest BCUT2D eigenvalue weighted by molar-refractivity contribution is 0.0570. The summed E-state index contributed by atoms with van der Waals surface area (Å²) in [5.74, 6) is 0. The van der Waals surface area contributed by atoms with Gasteiger partial charge in [0.1, 0.15) is 5.60 Å². The predicted molar refractivity (Wildman–Crippen MR) is 123 cm³/mol. The maximum absolute atomic E-state index is 13.1. The molecule has 0 radical (unpaired) electrons. The number of hydrogen-bond acceptors (Lipinski definition) is 4. The number of piperidine rings is 1. The van der Waals surface area contributed by atoms with Crippen molar-refractivity contribution >= 4 is 11.8 Å². The molecule has 0 bridgehead atoms. The lowest BCUT2D eigenvalue weighted by atomic mass is 9.72. The number of aliphatic hydroxyl groups is 1. The zero-order valence-corrected chi connectivity index (χ0v) is 19.1. The first-order valence-electron chi connectivity index (χ1n) is 11.3. The van der Waals surface area contributed by atoms with Gasteiger partial charge in [-0.3, -0.25) is 9.80 Å². The van der Waals surface area contributed by atoms with Gasteiger partial charge in [0.25, 0.3) is 0 Å². The first kappa shape index (κ1) is 21.8. The second-order valence-electron chi connectivity index (χ2n) is 10.0. The van der Waals surface area contributed by atoms with Gasteiger partial charge in [0.15, 0.2) is 0 Å². The van der Waals surface area contributed by atoms with E-state index >= 15 is 0 Å². The van der Waals surface area contributed by atoms with Crippen molar-refractivity contribution in [3.63, 3.8) is 0 Å². The molecule has 1 atom stereocenters. The van der Waals surface area contributed by atoms with Gasteiger partial charge in [0.05, 0.1) is 11.8 Å². The highest BCUT2D eigenvalue weighted by Crippen LogP contribution is 2.50. The van der Waals surface area contributed by atoms with Crippen LogP contribution in [0, 0.1) is 0 Å². The minimum Gasteiger partial charge on any atom is -0.443 e. The summed E-state index contributed by atoms with van der Waals surface area (Å²) < 4.78 is 5.73. The lowest BCUT2D eigenvalue weighted by Gasteiger charge is -2.40. The number of nitrogens with zero attached hydrogens (tertiary/aromatic N) is 2. The SMILES string of the molecule is C[C@@H](O)c1cccc2c1C1(CCN(Cc3ccccc3)CC1)CN2C(=O)OC(C)(C)C. The van der Waals surface area contributed by atoms with E-state index in [0.29, 0.717) is 6.54 Å². The third-order valence-electron chi connectivity index (χ3n) is 6.48. The van der Waals surface area contributed by atoms with Crippen LogP contribution in [0.2, 0.25) is 0 Å². The standard InChI is InChI=1S/C26H34N2O3/c1-19(29)21-11-8-12-22-23(21)26(18-28(22)24(30)31-25(2,3)4)13-15-27(16-14-26)17-20-9-6-5-7-10-20/h5-12,19,29H,13-18H2,1-4H3/t19-/m1/s1. The molecule has 2 heterocycles. The first-order chi connectivity index (χ1) is 14.7. The Morgan fingerprint density at radius 2 is 1.77 bits per heavy atom. The topological polar surface area (TPSA) is 53.0 Å². The van der Waals surface area contributed by atoms with Gasteiger partial charge in [-0.05, 0) is 76.4 Å². The molecule has 31 heavy (non-hydrogen) atoms. The molecule has 5 heteroatoms. The van der Waals surface area contributed by atoms with Gasteiger partial charge in [0, 0.05) is 18.5 Å². The second-order valence-corrected chi connectivity index (χ2v) is 10.0. The van der Waals surface area contributed by atoms with Crippen LogP contribution in [-0.4, -0.2) is 41.3 Å². The summed E-state index contributed by atoms with van der Waals surface area (Å²) in [6, 6.07) is 16.5. The average molecular weight is 423 g/mol. The number of ether oxygens (including phenoxy) is 1. The molecule has 0 aromatic heterocycles. The normalized spacial score (nSPS) is 19.3. The minimum absolute atomic E-state index is 0.146. The van der Waals surface area contributed by atoms with Crippen molar-refractivity contribution in [3.8, 4) is 0 Å². The Morgan fingerprint density at radius 3 is 2.39 bits per heavy atom. The summed E-state index contributed by atoms with van der Waals surface area (Å²) in [7, 11) is 0. The fourth-order valence-corrected chi connectivity index (χ4v) is 5.04. The number of carbonyl (C=O) groups excluding carboxylic acids is 1. The largest absolute Gasteiger partial charge is 0.443 e. The molecule has 1 amide bonds. The van der Waals surface area contributed by atoms with Crippen molar-refractivity contribution in [1.29, 1.82) is 0 Å². The fourth-order valence-electron chi connectivity index (χ4n) is 5.04. The molecule has 5 nitrogen and oxygen atoms in total. The Morgan fingerprint density at radius 1 is 1.10 bits per heavy atom. The van der Waals surface area contributed by atoms with E-state index in [0.717, 1.165) is 49.3 Å². The highest BCUT2D eigenvalue weighted by atomic mass is 16.6. The van der Waals surface area contributed by atoms with Gasteiger partial charge in [0.2, 0.25) is 0 Å². The number of carbonyl (C=O) groups is 1. The number of rotatable bonds is 3. The Bertz CT molecular complexity index is 925. The Hall–Kier alpha value is -2.37. The number of fused-ring (bicyclic) bond motifs is 2. The van der Waals surface area contributed by atoms with Crippen LogP contribution in [0.5, 0.6) is 0 Å². The third-order valence-corrected chi connectivity index (χ3v) is 6.48. The molecular formula is C26H34N2O3. The van der Waals surface area contributed by atoms with Crippen LogP contribution in [0.25, 0.3) is 0 Å². The Balaban J connectivity index is 1.61. The summed E-state index contributed by atoms with van der Waals surface area (Å²) in [5, 5.41) is 10.5. The Labute approximate surface area is 185 Å². The van der Waals surface area contributed by atoms with E-state index < -0.39 is 11.7 Å². The molecule has 166 valence electrons. The summed E-state index contributed by atoms with van der Waals surface area (Å²) in [4.78, 5) is 17.3. The number of amides is 1. The number of likely N-dealkylation sites (tertiary alicyclic amines) is 1. The quantitative estimate of drug-likeness (QED) is 0.754. The average Bonchev–Trinajstić information content (AvgIpc) is 3.04. The van der Waals surface area contributed by atoms with Gasteiger partial charge < -0.3 is 9.84 Å². The van der Waals surface area contributed by atoms with E-state index in [1.54, 1.807) is 4.90 Å². The van der Waals surface area contributed by atoms with Crippen molar-refractivity contribution in [2.45, 2.75) is 64.2 Å². The van der Waals surface area contributed by atoms with Crippen LogP contribution in [0.4, 0.5) is 10.5 Å². The van der Waals surface area contributed by atoms with Gasteiger partial charge in [-0.1, -0.05) is 42.5 Å². The van der Waals surface area contributed by atoms with E-state index in [9.17, 15) is 9.90 Å². The van der Waals surface area contributed by atoms with Crippen molar-refractivity contribution in [1.82, 2.24) is 4.90 Å². The van der Waals surface area contributed by atoms with Gasteiger partial charge in [-0.2, -0.15) is 0 Å². The lowest BCUT2D eigenvalue weighted by Crippen LogP contribution is -2.46. The summed E-state index contributed by atoms with van der Waals surface area (Å²) >= 11 is 0. The van der Waals surface area contributed by atoms with E-state index in [2.05, 4.69) is 29.2 Å². The molecule has 1 fully saturated rings. The van der Waals surface area contributed by atoms with Crippen LogP contribution >= 0.6 is 0 Å². The highest BCUT2D eigenvalue weighted by molar-refractivity contribution is 5.92. The van der Waals surface area contributed by atoms with Crippen molar-refractivity contribution in [2.75, 3.05) is 24.5 Å².